The molecule has 0 saturated carbocycles. The van der Waals surface area contributed by atoms with Crippen molar-refractivity contribution in [2.24, 2.45) is 0 Å². The molecule has 1 aromatic heterocycles. The van der Waals surface area contributed by atoms with Gasteiger partial charge >= 0.3 is 0 Å². The molecule has 0 bridgehead atoms. The van der Waals surface area contributed by atoms with Crippen molar-refractivity contribution in [3.8, 4) is 0 Å². The van der Waals surface area contributed by atoms with Crippen LogP contribution >= 0.6 is 0 Å². The first-order valence-corrected chi connectivity index (χ1v) is 6.48. The lowest BCUT2D eigenvalue weighted by molar-refractivity contribution is 0.0958. The van der Waals surface area contributed by atoms with Crippen molar-refractivity contribution in [3.63, 3.8) is 0 Å². The van der Waals surface area contributed by atoms with E-state index in [0.717, 1.165) is 24.5 Å². The number of benzene rings is 1. The average Bonchev–Trinajstić information content (AvgIpc) is 2.89. The number of carbonyl (C=O) groups excluding carboxylic acids is 1. The minimum atomic E-state index is -0.173. The average molecular weight is 268 g/mol. The molecule has 1 aromatic carbocycles. The lowest BCUT2D eigenvalue weighted by Gasteiger charge is -2.18. The van der Waals surface area contributed by atoms with E-state index in [9.17, 15) is 4.79 Å². The van der Waals surface area contributed by atoms with E-state index in [-0.39, 0.29) is 5.91 Å². The minimum Gasteiger partial charge on any atom is -0.399 e. The number of rotatable bonds is 2. The Hall–Kier alpha value is -2.56. The SMILES string of the molecule is CNC(=O)c1cc(N2Cc3ccc(N)cc3C2)ccn1. The largest absolute Gasteiger partial charge is 0.399 e. The van der Waals surface area contributed by atoms with Crippen molar-refractivity contribution in [1.29, 1.82) is 0 Å². The number of nitrogens with zero attached hydrogens (tertiary/aromatic N) is 2. The lowest BCUT2D eigenvalue weighted by Crippen LogP contribution is -2.20. The van der Waals surface area contributed by atoms with Crippen LogP contribution in [0, 0.1) is 0 Å². The van der Waals surface area contributed by atoms with Gasteiger partial charge in [-0.3, -0.25) is 9.78 Å². The molecule has 1 amide bonds. The highest BCUT2D eigenvalue weighted by Gasteiger charge is 2.20. The van der Waals surface area contributed by atoms with Gasteiger partial charge in [-0.25, -0.2) is 0 Å². The number of hydrogen-bond acceptors (Lipinski definition) is 4. The maximum Gasteiger partial charge on any atom is 0.269 e. The van der Waals surface area contributed by atoms with Crippen LogP contribution in [-0.2, 0) is 13.1 Å². The second-order valence-electron chi connectivity index (χ2n) is 4.86. The van der Waals surface area contributed by atoms with Gasteiger partial charge in [-0.05, 0) is 35.4 Å². The standard InChI is InChI=1S/C15H16N4O/c1-17-15(20)14-7-13(4-5-18-14)19-8-10-2-3-12(16)6-11(10)9-19/h2-7H,8-9,16H2,1H3,(H,17,20). The van der Waals surface area contributed by atoms with Crippen LogP contribution in [0.3, 0.4) is 0 Å². The second kappa shape index (κ2) is 4.85. The molecular weight excluding hydrogens is 252 g/mol. The van der Waals surface area contributed by atoms with E-state index in [2.05, 4.69) is 21.3 Å². The zero-order valence-corrected chi connectivity index (χ0v) is 11.3. The predicted octanol–water partition coefficient (Wildman–Crippen LogP) is 1.54. The van der Waals surface area contributed by atoms with Gasteiger partial charge in [-0.15, -0.1) is 0 Å². The number of aromatic nitrogens is 1. The third kappa shape index (κ3) is 2.18. The molecule has 2 heterocycles. The highest BCUT2D eigenvalue weighted by atomic mass is 16.1. The van der Waals surface area contributed by atoms with E-state index >= 15 is 0 Å². The molecule has 102 valence electrons. The van der Waals surface area contributed by atoms with Crippen LogP contribution in [0.15, 0.2) is 36.5 Å². The molecule has 3 N–H and O–H groups in total. The summed E-state index contributed by atoms with van der Waals surface area (Å²) < 4.78 is 0. The number of nitrogen functional groups attached to an aromatic ring is 1. The second-order valence-corrected chi connectivity index (χ2v) is 4.86. The quantitative estimate of drug-likeness (QED) is 0.811. The number of pyridine rings is 1. The van der Waals surface area contributed by atoms with E-state index in [1.54, 1.807) is 13.2 Å². The summed E-state index contributed by atoms with van der Waals surface area (Å²) in [4.78, 5) is 17.9. The Morgan fingerprint density at radius 2 is 2.05 bits per heavy atom. The zero-order valence-electron chi connectivity index (χ0n) is 11.3. The molecule has 2 aromatic rings. The summed E-state index contributed by atoms with van der Waals surface area (Å²) in [6.45, 7) is 1.63. The van der Waals surface area contributed by atoms with Gasteiger partial charge in [0.2, 0.25) is 0 Å². The molecule has 0 aliphatic carbocycles. The van der Waals surface area contributed by atoms with E-state index in [4.69, 9.17) is 5.73 Å². The fraction of sp³-hybridized carbons (Fsp3) is 0.200. The molecule has 0 fully saturated rings. The van der Waals surface area contributed by atoms with E-state index < -0.39 is 0 Å². The number of carbonyl (C=O) groups is 1. The summed E-state index contributed by atoms with van der Waals surface area (Å²) in [7, 11) is 1.60. The first-order valence-electron chi connectivity index (χ1n) is 6.48. The maximum atomic E-state index is 11.6. The Morgan fingerprint density at radius 1 is 1.25 bits per heavy atom. The number of anilines is 2. The van der Waals surface area contributed by atoms with Crippen molar-refractivity contribution in [2.75, 3.05) is 17.7 Å². The van der Waals surface area contributed by atoms with Gasteiger partial charge in [-0.1, -0.05) is 6.07 Å². The third-order valence-electron chi connectivity index (χ3n) is 3.52. The number of amides is 1. The monoisotopic (exact) mass is 268 g/mol. The minimum absolute atomic E-state index is 0.173. The molecule has 0 spiro atoms. The van der Waals surface area contributed by atoms with Crippen molar-refractivity contribution in [1.82, 2.24) is 10.3 Å². The number of hydrogen-bond donors (Lipinski definition) is 2. The maximum absolute atomic E-state index is 11.6. The van der Waals surface area contributed by atoms with Crippen LogP contribution in [0.1, 0.15) is 21.6 Å². The van der Waals surface area contributed by atoms with Gasteiger partial charge in [0.25, 0.3) is 5.91 Å². The topological polar surface area (TPSA) is 71.2 Å². The predicted molar refractivity (Wildman–Crippen MR) is 78.4 cm³/mol. The van der Waals surface area contributed by atoms with Gasteiger partial charge in [0.15, 0.2) is 0 Å². The summed E-state index contributed by atoms with van der Waals surface area (Å²) in [5.41, 5.74) is 10.5. The van der Waals surface area contributed by atoms with Crippen LogP contribution in [0.25, 0.3) is 0 Å². The van der Waals surface area contributed by atoms with Gasteiger partial charge in [0.05, 0.1) is 0 Å². The normalized spacial score (nSPS) is 13.2. The Labute approximate surface area is 117 Å². The number of nitrogens with two attached hydrogens (primary N) is 1. The summed E-state index contributed by atoms with van der Waals surface area (Å²) in [5, 5.41) is 2.59. The molecule has 0 radical (unpaired) electrons. The highest BCUT2D eigenvalue weighted by molar-refractivity contribution is 5.92. The molecule has 0 saturated heterocycles. The summed E-state index contributed by atoms with van der Waals surface area (Å²) >= 11 is 0. The zero-order chi connectivity index (χ0) is 14.1. The fourth-order valence-electron chi connectivity index (χ4n) is 2.47. The fourth-order valence-corrected chi connectivity index (χ4v) is 2.47. The molecule has 3 rings (SSSR count). The Morgan fingerprint density at radius 3 is 2.85 bits per heavy atom. The molecule has 0 atom stereocenters. The van der Waals surface area contributed by atoms with Crippen LogP contribution in [0.5, 0.6) is 0 Å². The Bertz CT molecular complexity index is 669. The molecule has 1 aliphatic heterocycles. The summed E-state index contributed by atoms with van der Waals surface area (Å²) in [5.74, 6) is -0.173. The number of nitrogens with one attached hydrogen (secondary N) is 1. The molecule has 1 aliphatic rings. The van der Waals surface area contributed by atoms with Crippen molar-refractivity contribution in [3.05, 3.63) is 53.3 Å². The first kappa shape index (κ1) is 12.5. The van der Waals surface area contributed by atoms with Crippen LogP contribution in [0.2, 0.25) is 0 Å². The molecule has 5 nitrogen and oxygen atoms in total. The smallest absolute Gasteiger partial charge is 0.269 e. The van der Waals surface area contributed by atoms with Gasteiger partial charge < -0.3 is 16.0 Å². The molecular formula is C15H16N4O. The molecule has 5 heteroatoms. The molecule has 0 unspecified atom stereocenters. The van der Waals surface area contributed by atoms with Gasteiger partial charge in [0.1, 0.15) is 5.69 Å². The van der Waals surface area contributed by atoms with Crippen LogP contribution in [0.4, 0.5) is 11.4 Å². The third-order valence-corrected chi connectivity index (χ3v) is 3.52. The van der Waals surface area contributed by atoms with E-state index in [0.29, 0.717) is 5.69 Å². The molecule has 20 heavy (non-hydrogen) atoms. The number of fused-ring (bicyclic) bond motifs is 1. The van der Waals surface area contributed by atoms with Crippen molar-refractivity contribution in [2.45, 2.75) is 13.1 Å². The lowest BCUT2D eigenvalue weighted by atomic mass is 10.1. The van der Waals surface area contributed by atoms with Crippen LogP contribution in [-0.4, -0.2) is 17.9 Å². The van der Waals surface area contributed by atoms with Gasteiger partial charge in [-0.2, -0.15) is 0 Å². The van der Waals surface area contributed by atoms with E-state index in [1.807, 2.05) is 24.3 Å². The van der Waals surface area contributed by atoms with Crippen molar-refractivity contribution < 1.29 is 4.79 Å². The summed E-state index contributed by atoms with van der Waals surface area (Å²) in [6.07, 6.45) is 1.66. The summed E-state index contributed by atoms with van der Waals surface area (Å²) in [6, 6.07) is 9.72. The Balaban J connectivity index is 1.87. The highest BCUT2D eigenvalue weighted by Crippen LogP contribution is 2.29. The van der Waals surface area contributed by atoms with E-state index in [1.165, 1.54) is 11.1 Å². The van der Waals surface area contributed by atoms with Gasteiger partial charge in [0, 0.05) is 37.7 Å². The van der Waals surface area contributed by atoms with Crippen LogP contribution < -0.4 is 16.0 Å². The first-order chi connectivity index (χ1) is 9.67. The van der Waals surface area contributed by atoms with Crippen molar-refractivity contribution >= 4 is 17.3 Å². The Kier molecular flexibility index (Phi) is 3.02.